The fraction of sp³-hybridized carbons (Fsp3) is 0. The van der Waals surface area contributed by atoms with Crippen molar-refractivity contribution in [1.29, 1.82) is 0 Å². The first-order valence-electron chi connectivity index (χ1n) is 3.59. The van der Waals surface area contributed by atoms with E-state index in [1.54, 1.807) is 0 Å². The maximum atomic E-state index is 10.3. The van der Waals surface area contributed by atoms with Crippen molar-refractivity contribution < 1.29 is 34.3 Å². The maximum absolute atomic E-state index is 10.3. The molecule has 0 heterocycles. The molecule has 0 amide bonds. The Morgan fingerprint density at radius 3 is 1.56 bits per heavy atom. The van der Waals surface area contributed by atoms with Gasteiger partial charge in [-0.05, 0) is 12.1 Å². The molecule has 0 aliphatic rings. The first-order chi connectivity index (χ1) is 7.16. The van der Waals surface area contributed by atoms with Crippen molar-refractivity contribution in [3.8, 4) is 11.5 Å². The number of hydrogen-bond donors (Lipinski definition) is 2. The van der Waals surface area contributed by atoms with Gasteiger partial charge in [0.25, 0.3) is 0 Å². The van der Waals surface area contributed by atoms with Gasteiger partial charge < -0.3 is 8.37 Å². The lowest BCUT2D eigenvalue weighted by Crippen LogP contribution is -2.08. The van der Waals surface area contributed by atoms with Crippen LogP contribution in [-0.2, 0) is 20.8 Å². The number of rotatable bonds is 4. The van der Waals surface area contributed by atoms with E-state index in [2.05, 4.69) is 8.37 Å². The molecule has 16 heavy (non-hydrogen) atoms. The van der Waals surface area contributed by atoms with Gasteiger partial charge in [-0.15, -0.1) is 0 Å². The highest BCUT2D eigenvalue weighted by Crippen LogP contribution is 2.21. The van der Waals surface area contributed by atoms with E-state index in [0.717, 1.165) is 18.2 Å². The molecule has 0 saturated carbocycles. The van der Waals surface area contributed by atoms with Crippen LogP contribution in [0.5, 0.6) is 11.5 Å². The first-order valence-corrected chi connectivity index (χ1v) is 6.33. The maximum Gasteiger partial charge on any atom is 0.446 e. The second kappa shape index (κ2) is 4.25. The van der Waals surface area contributed by atoms with Gasteiger partial charge in [0.05, 0.1) is 0 Å². The minimum atomic E-state index is -4.71. The molecule has 8 nitrogen and oxygen atoms in total. The van der Waals surface area contributed by atoms with Gasteiger partial charge in [0.2, 0.25) is 0 Å². The summed E-state index contributed by atoms with van der Waals surface area (Å²) in [6, 6.07) is 4.30. The lowest BCUT2D eigenvalue weighted by molar-refractivity contribution is 0.382. The van der Waals surface area contributed by atoms with E-state index in [1.165, 1.54) is 6.07 Å². The summed E-state index contributed by atoms with van der Waals surface area (Å²) in [6.07, 6.45) is 0. The molecule has 0 aliphatic carbocycles. The molecule has 0 aromatic heterocycles. The van der Waals surface area contributed by atoms with Gasteiger partial charge in [-0.1, -0.05) is 6.07 Å². The van der Waals surface area contributed by atoms with Crippen LogP contribution in [0.4, 0.5) is 0 Å². The molecular weight excluding hydrogens is 264 g/mol. The standard InChI is InChI=1S/C6H6O8S2/c7-15(8,9)13-5-2-1-3-6(4-5)14-16(10,11)12/h1-4H,(H,7,8,9)(H,10,11,12). The van der Waals surface area contributed by atoms with Crippen molar-refractivity contribution in [2.24, 2.45) is 0 Å². The van der Waals surface area contributed by atoms with Crippen LogP contribution < -0.4 is 8.37 Å². The fourth-order valence-corrected chi connectivity index (χ4v) is 1.51. The normalized spacial score (nSPS) is 12.1. The third kappa shape index (κ3) is 4.93. The van der Waals surface area contributed by atoms with Crippen LogP contribution in [0.3, 0.4) is 0 Å². The molecule has 2 N–H and O–H groups in total. The van der Waals surface area contributed by atoms with E-state index >= 15 is 0 Å². The molecule has 0 aliphatic heterocycles. The molecule has 0 fully saturated rings. The average molecular weight is 270 g/mol. The topological polar surface area (TPSA) is 127 Å². The largest absolute Gasteiger partial charge is 0.446 e. The zero-order valence-corrected chi connectivity index (χ0v) is 9.10. The van der Waals surface area contributed by atoms with Crippen LogP contribution in [0.1, 0.15) is 0 Å². The van der Waals surface area contributed by atoms with Crippen molar-refractivity contribution in [3.63, 3.8) is 0 Å². The zero-order chi connectivity index (χ0) is 12.4. The van der Waals surface area contributed by atoms with Gasteiger partial charge in [-0.2, -0.15) is 16.8 Å². The van der Waals surface area contributed by atoms with Gasteiger partial charge in [0.1, 0.15) is 11.5 Å². The fourth-order valence-electron chi connectivity index (χ4n) is 0.821. The monoisotopic (exact) mass is 270 g/mol. The van der Waals surface area contributed by atoms with E-state index in [9.17, 15) is 16.8 Å². The lowest BCUT2D eigenvalue weighted by Gasteiger charge is -2.04. The van der Waals surface area contributed by atoms with Crippen LogP contribution in [0.15, 0.2) is 24.3 Å². The van der Waals surface area contributed by atoms with Crippen molar-refractivity contribution in [2.75, 3.05) is 0 Å². The molecule has 0 bridgehead atoms. The lowest BCUT2D eigenvalue weighted by atomic mass is 10.3. The molecule has 1 rings (SSSR count). The third-order valence-electron chi connectivity index (χ3n) is 1.21. The summed E-state index contributed by atoms with van der Waals surface area (Å²) in [5, 5.41) is 0. The summed E-state index contributed by atoms with van der Waals surface area (Å²) in [5.74, 6) is -0.743. The van der Waals surface area contributed by atoms with Crippen molar-refractivity contribution >= 4 is 20.8 Å². The second-order valence-corrected chi connectivity index (χ2v) is 4.54. The average Bonchev–Trinajstić information content (AvgIpc) is 1.96. The van der Waals surface area contributed by atoms with Gasteiger partial charge in [-0.25, -0.2) is 0 Å². The van der Waals surface area contributed by atoms with Crippen LogP contribution in [0.25, 0.3) is 0 Å². The molecule has 0 spiro atoms. The summed E-state index contributed by atoms with van der Waals surface area (Å²) in [4.78, 5) is 0. The smallest absolute Gasteiger partial charge is 0.362 e. The van der Waals surface area contributed by atoms with E-state index < -0.39 is 20.8 Å². The highest BCUT2D eigenvalue weighted by molar-refractivity contribution is 7.81. The summed E-state index contributed by atoms with van der Waals surface area (Å²) in [6.45, 7) is 0. The molecule has 0 atom stereocenters. The predicted octanol–water partition coefficient (Wildman–Crippen LogP) is 0.0498. The Bertz CT molecular complexity index is 523. The van der Waals surface area contributed by atoms with Crippen LogP contribution in [-0.4, -0.2) is 25.9 Å². The summed E-state index contributed by atoms with van der Waals surface area (Å²) in [5.41, 5.74) is 0. The molecule has 0 radical (unpaired) electrons. The molecule has 1 aromatic carbocycles. The highest BCUT2D eigenvalue weighted by Gasteiger charge is 2.10. The Balaban J connectivity index is 2.96. The summed E-state index contributed by atoms with van der Waals surface area (Å²) >= 11 is 0. The SMILES string of the molecule is O=S(=O)(O)Oc1cccc(OS(=O)(=O)O)c1. The molecule has 90 valence electrons. The Hall–Kier alpha value is -1.36. The Kier molecular flexibility index (Phi) is 3.38. The molecule has 0 saturated heterocycles. The van der Waals surface area contributed by atoms with Gasteiger partial charge >= 0.3 is 20.8 Å². The van der Waals surface area contributed by atoms with Crippen molar-refractivity contribution in [1.82, 2.24) is 0 Å². The van der Waals surface area contributed by atoms with E-state index in [0.29, 0.717) is 0 Å². The van der Waals surface area contributed by atoms with Gasteiger partial charge in [-0.3, -0.25) is 9.11 Å². The highest BCUT2D eigenvalue weighted by atomic mass is 32.3. The van der Waals surface area contributed by atoms with E-state index in [-0.39, 0.29) is 11.5 Å². The summed E-state index contributed by atoms with van der Waals surface area (Å²) in [7, 11) is -9.41. The minimum absolute atomic E-state index is 0.372. The van der Waals surface area contributed by atoms with E-state index in [4.69, 9.17) is 9.11 Å². The van der Waals surface area contributed by atoms with Crippen molar-refractivity contribution in [2.45, 2.75) is 0 Å². The Morgan fingerprint density at radius 1 is 0.875 bits per heavy atom. The van der Waals surface area contributed by atoms with E-state index in [1.807, 2.05) is 0 Å². The Morgan fingerprint density at radius 2 is 1.25 bits per heavy atom. The molecular formula is C6H6O8S2. The first kappa shape index (κ1) is 12.7. The molecule has 1 aromatic rings. The van der Waals surface area contributed by atoms with Gasteiger partial charge in [0.15, 0.2) is 0 Å². The molecule has 10 heteroatoms. The quantitative estimate of drug-likeness (QED) is 0.734. The second-order valence-electron chi connectivity index (χ2n) is 2.50. The number of benzene rings is 1. The van der Waals surface area contributed by atoms with Crippen LogP contribution in [0.2, 0.25) is 0 Å². The minimum Gasteiger partial charge on any atom is -0.362 e. The zero-order valence-electron chi connectivity index (χ0n) is 7.47. The Labute approximate surface area is 91.3 Å². The predicted molar refractivity (Wildman–Crippen MR) is 50.8 cm³/mol. The third-order valence-corrected chi connectivity index (χ3v) is 2.01. The van der Waals surface area contributed by atoms with Crippen LogP contribution >= 0.6 is 0 Å². The number of hydrogen-bond acceptors (Lipinski definition) is 6. The molecule has 0 unspecified atom stereocenters. The van der Waals surface area contributed by atoms with Gasteiger partial charge in [0, 0.05) is 6.07 Å². The van der Waals surface area contributed by atoms with Crippen LogP contribution in [0, 0.1) is 0 Å². The van der Waals surface area contributed by atoms with Crippen molar-refractivity contribution in [3.05, 3.63) is 24.3 Å². The summed E-state index contributed by atoms with van der Waals surface area (Å²) < 4.78 is 66.0.